The second kappa shape index (κ2) is 9.03. The summed E-state index contributed by atoms with van der Waals surface area (Å²) in [5.41, 5.74) is 0.998. The lowest BCUT2D eigenvalue weighted by molar-refractivity contribution is -0.385. The summed E-state index contributed by atoms with van der Waals surface area (Å²) in [6.07, 6.45) is 0. The number of ether oxygens (including phenoxy) is 1. The van der Waals surface area contributed by atoms with Gasteiger partial charge in [-0.05, 0) is 36.8 Å². The van der Waals surface area contributed by atoms with Gasteiger partial charge in [-0.15, -0.1) is 0 Å². The van der Waals surface area contributed by atoms with Crippen molar-refractivity contribution in [2.75, 3.05) is 32.8 Å². The Morgan fingerprint density at radius 1 is 1.14 bits per heavy atom. The summed E-state index contributed by atoms with van der Waals surface area (Å²) in [5.74, 6) is 0.500. The number of carbonyl (C=O) groups excluding carboxylic acids is 1. The highest BCUT2D eigenvalue weighted by Gasteiger charge is 2.27. The van der Waals surface area contributed by atoms with E-state index in [2.05, 4.69) is 4.90 Å². The standard InChI is InChI=1S/C20H22ClN3O4/c1-2-28-17-6-3-15(4-7-17)14-22-9-11-23(12-10-22)20(25)18-13-16(21)5-8-19(18)24(26)27/h3-8,13H,2,9-12,14H2,1H3. The molecule has 0 radical (unpaired) electrons. The summed E-state index contributed by atoms with van der Waals surface area (Å²) in [6.45, 7) is 5.80. The van der Waals surface area contributed by atoms with Crippen molar-refractivity contribution in [2.45, 2.75) is 13.5 Å². The van der Waals surface area contributed by atoms with Crippen molar-refractivity contribution >= 4 is 23.2 Å². The van der Waals surface area contributed by atoms with Crippen molar-refractivity contribution in [3.05, 3.63) is 68.7 Å². The molecule has 8 heteroatoms. The molecule has 0 atom stereocenters. The van der Waals surface area contributed by atoms with E-state index in [9.17, 15) is 14.9 Å². The topological polar surface area (TPSA) is 75.9 Å². The average molecular weight is 404 g/mol. The molecule has 1 fully saturated rings. The highest BCUT2D eigenvalue weighted by molar-refractivity contribution is 6.31. The Labute approximate surface area is 168 Å². The van der Waals surface area contributed by atoms with E-state index >= 15 is 0 Å². The Morgan fingerprint density at radius 3 is 2.43 bits per heavy atom. The summed E-state index contributed by atoms with van der Waals surface area (Å²) in [4.78, 5) is 27.3. The van der Waals surface area contributed by atoms with E-state index in [1.165, 1.54) is 23.8 Å². The maximum Gasteiger partial charge on any atom is 0.282 e. The number of nitrogens with zero attached hydrogens (tertiary/aromatic N) is 3. The molecule has 0 saturated carbocycles. The van der Waals surface area contributed by atoms with Gasteiger partial charge in [-0.25, -0.2) is 0 Å². The molecule has 7 nitrogen and oxygen atoms in total. The second-order valence-corrected chi connectivity index (χ2v) is 7.00. The van der Waals surface area contributed by atoms with Crippen molar-refractivity contribution in [3.8, 4) is 5.75 Å². The van der Waals surface area contributed by atoms with Gasteiger partial charge in [0.15, 0.2) is 0 Å². The quantitative estimate of drug-likeness (QED) is 0.544. The van der Waals surface area contributed by atoms with Crippen LogP contribution in [0.2, 0.25) is 5.02 Å². The Bertz CT molecular complexity index is 849. The van der Waals surface area contributed by atoms with Crippen molar-refractivity contribution in [1.29, 1.82) is 0 Å². The Morgan fingerprint density at radius 2 is 1.82 bits per heavy atom. The fraction of sp³-hybridized carbons (Fsp3) is 0.350. The molecule has 0 aliphatic carbocycles. The van der Waals surface area contributed by atoms with Gasteiger partial charge in [-0.1, -0.05) is 23.7 Å². The van der Waals surface area contributed by atoms with Gasteiger partial charge in [0, 0.05) is 43.8 Å². The number of amides is 1. The van der Waals surface area contributed by atoms with Crippen molar-refractivity contribution < 1.29 is 14.5 Å². The number of hydrogen-bond donors (Lipinski definition) is 0. The first-order valence-corrected chi connectivity index (χ1v) is 9.53. The molecule has 148 valence electrons. The molecule has 1 amide bonds. The molecule has 3 rings (SSSR count). The van der Waals surface area contributed by atoms with Crippen LogP contribution >= 0.6 is 11.6 Å². The van der Waals surface area contributed by atoms with Crippen LogP contribution in [0, 0.1) is 10.1 Å². The van der Waals surface area contributed by atoms with Crippen LogP contribution in [-0.2, 0) is 6.54 Å². The fourth-order valence-electron chi connectivity index (χ4n) is 3.23. The molecule has 1 aliphatic rings. The zero-order valence-electron chi connectivity index (χ0n) is 15.6. The average Bonchev–Trinajstić information content (AvgIpc) is 2.69. The third-order valence-corrected chi connectivity index (χ3v) is 4.92. The molecule has 1 saturated heterocycles. The molecule has 2 aromatic rings. The van der Waals surface area contributed by atoms with Crippen LogP contribution < -0.4 is 4.74 Å². The van der Waals surface area contributed by atoms with Crippen molar-refractivity contribution in [3.63, 3.8) is 0 Å². The maximum atomic E-state index is 12.8. The molecule has 0 aromatic heterocycles. The molecule has 28 heavy (non-hydrogen) atoms. The lowest BCUT2D eigenvalue weighted by atomic mass is 10.1. The summed E-state index contributed by atoms with van der Waals surface area (Å²) in [5, 5.41) is 11.5. The Balaban J connectivity index is 1.60. The van der Waals surface area contributed by atoms with Gasteiger partial charge in [0.1, 0.15) is 11.3 Å². The molecule has 0 spiro atoms. The first-order valence-electron chi connectivity index (χ1n) is 9.15. The normalized spacial score (nSPS) is 14.7. The van der Waals surface area contributed by atoms with Gasteiger partial charge in [0.25, 0.3) is 11.6 Å². The third-order valence-electron chi connectivity index (χ3n) is 4.69. The minimum Gasteiger partial charge on any atom is -0.494 e. The van der Waals surface area contributed by atoms with E-state index in [4.69, 9.17) is 16.3 Å². The lowest BCUT2D eigenvalue weighted by Gasteiger charge is -2.34. The number of piperazine rings is 1. The Hall–Kier alpha value is -2.64. The predicted molar refractivity (Wildman–Crippen MR) is 107 cm³/mol. The van der Waals surface area contributed by atoms with E-state index in [0.29, 0.717) is 37.8 Å². The minimum absolute atomic E-state index is 0.0393. The van der Waals surface area contributed by atoms with Gasteiger partial charge >= 0.3 is 0 Å². The third kappa shape index (κ3) is 4.79. The monoisotopic (exact) mass is 403 g/mol. The van der Waals surface area contributed by atoms with E-state index in [1.54, 1.807) is 4.90 Å². The minimum atomic E-state index is -0.550. The predicted octanol–water partition coefficient (Wildman–Crippen LogP) is 3.60. The molecule has 1 aliphatic heterocycles. The summed E-state index contributed by atoms with van der Waals surface area (Å²) in [7, 11) is 0. The van der Waals surface area contributed by atoms with E-state index in [0.717, 1.165) is 12.3 Å². The van der Waals surface area contributed by atoms with Crippen LogP contribution in [0.4, 0.5) is 5.69 Å². The number of nitro benzene ring substituents is 1. The van der Waals surface area contributed by atoms with Crippen LogP contribution in [0.25, 0.3) is 0 Å². The molecular weight excluding hydrogens is 382 g/mol. The first-order chi connectivity index (χ1) is 13.5. The smallest absolute Gasteiger partial charge is 0.282 e. The van der Waals surface area contributed by atoms with Crippen LogP contribution in [0.5, 0.6) is 5.75 Å². The molecular formula is C20H22ClN3O4. The van der Waals surface area contributed by atoms with E-state index in [1.807, 2.05) is 31.2 Å². The largest absolute Gasteiger partial charge is 0.494 e. The van der Waals surface area contributed by atoms with Gasteiger partial charge in [-0.2, -0.15) is 0 Å². The summed E-state index contributed by atoms with van der Waals surface area (Å²) < 4.78 is 5.45. The van der Waals surface area contributed by atoms with Gasteiger partial charge in [-0.3, -0.25) is 19.8 Å². The number of carbonyl (C=O) groups is 1. The van der Waals surface area contributed by atoms with Gasteiger partial charge in [0.2, 0.25) is 0 Å². The number of benzene rings is 2. The number of halogens is 1. The highest BCUT2D eigenvalue weighted by Crippen LogP contribution is 2.25. The summed E-state index contributed by atoms with van der Waals surface area (Å²) >= 11 is 5.94. The molecule has 0 N–H and O–H groups in total. The van der Waals surface area contributed by atoms with Crippen LogP contribution in [0.1, 0.15) is 22.8 Å². The number of rotatable bonds is 6. The lowest BCUT2D eigenvalue weighted by Crippen LogP contribution is -2.48. The zero-order valence-corrected chi connectivity index (χ0v) is 16.4. The fourth-order valence-corrected chi connectivity index (χ4v) is 3.41. The first kappa shape index (κ1) is 20.1. The number of hydrogen-bond acceptors (Lipinski definition) is 5. The highest BCUT2D eigenvalue weighted by atomic mass is 35.5. The molecule has 2 aromatic carbocycles. The number of nitro groups is 1. The Kier molecular flexibility index (Phi) is 6.49. The van der Waals surface area contributed by atoms with Crippen LogP contribution in [-0.4, -0.2) is 53.4 Å². The van der Waals surface area contributed by atoms with Gasteiger partial charge in [0.05, 0.1) is 11.5 Å². The van der Waals surface area contributed by atoms with Gasteiger partial charge < -0.3 is 9.64 Å². The zero-order chi connectivity index (χ0) is 20.1. The van der Waals surface area contributed by atoms with Crippen molar-refractivity contribution in [1.82, 2.24) is 9.80 Å². The van der Waals surface area contributed by atoms with E-state index < -0.39 is 4.92 Å². The molecule has 1 heterocycles. The summed E-state index contributed by atoms with van der Waals surface area (Å²) in [6, 6.07) is 12.1. The van der Waals surface area contributed by atoms with Crippen LogP contribution in [0.15, 0.2) is 42.5 Å². The van der Waals surface area contributed by atoms with Crippen LogP contribution in [0.3, 0.4) is 0 Å². The maximum absolute atomic E-state index is 12.8. The van der Waals surface area contributed by atoms with Crippen molar-refractivity contribution in [2.24, 2.45) is 0 Å². The second-order valence-electron chi connectivity index (χ2n) is 6.56. The molecule has 0 bridgehead atoms. The molecule has 0 unspecified atom stereocenters. The van der Waals surface area contributed by atoms with E-state index in [-0.39, 0.29) is 17.2 Å². The SMILES string of the molecule is CCOc1ccc(CN2CCN(C(=O)c3cc(Cl)ccc3[N+](=O)[O-])CC2)cc1.